The summed E-state index contributed by atoms with van der Waals surface area (Å²) in [6, 6.07) is 21.5. The fourth-order valence-electron chi connectivity index (χ4n) is 4.12. The molecular weight excluding hydrogens is 380 g/mol. The molecule has 31 heavy (non-hydrogen) atoms. The fraction of sp³-hybridized carbons (Fsp3) is 0.179. The van der Waals surface area contributed by atoms with Crippen LogP contribution in [0.15, 0.2) is 84.7 Å². The van der Waals surface area contributed by atoms with E-state index in [2.05, 4.69) is 97.4 Å². The first kappa shape index (κ1) is 20.7. The molecule has 0 radical (unpaired) electrons. The molecule has 0 amide bonds. The van der Waals surface area contributed by atoms with Crippen LogP contribution in [0.2, 0.25) is 0 Å². The van der Waals surface area contributed by atoms with Gasteiger partial charge in [-0.3, -0.25) is 0 Å². The van der Waals surface area contributed by atoms with Gasteiger partial charge in [-0.1, -0.05) is 54.7 Å². The maximum atomic E-state index is 5.27. The Bertz CT molecular complexity index is 1350. The molecule has 156 valence electrons. The largest absolute Gasteiger partial charge is 0.362 e. The van der Waals surface area contributed by atoms with E-state index in [1.54, 1.807) is 6.92 Å². The van der Waals surface area contributed by atoms with Gasteiger partial charge in [0.1, 0.15) is 5.76 Å². The van der Waals surface area contributed by atoms with Crippen molar-refractivity contribution in [2.24, 2.45) is 5.16 Å². The van der Waals surface area contributed by atoms with Gasteiger partial charge in [0.15, 0.2) is 0 Å². The summed E-state index contributed by atoms with van der Waals surface area (Å²) in [6.07, 6.45) is 0. The van der Waals surface area contributed by atoms with Crippen molar-refractivity contribution < 1.29 is 4.84 Å². The van der Waals surface area contributed by atoms with E-state index in [0.717, 1.165) is 29.0 Å². The second-order valence-corrected chi connectivity index (χ2v) is 7.97. The van der Waals surface area contributed by atoms with Crippen LogP contribution in [-0.4, -0.2) is 10.3 Å². The monoisotopic (exact) mass is 408 g/mol. The van der Waals surface area contributed by atoms with E-state index >= 15 is 0 Å². The Morgan fingerprint density at radius 3 is 2.13 bits per heavy atom. The predicted molar refractivity (Wildman–Crippen MR) is 133 cm³/mol. The summed E-state index contributed by atoms with van der Waals surface area (Å²) >= 11 is 0. The van der Waals surface area contributed by atoms with Crippen LogP contribution in [0, 0.1) is 6.92 Å². The minimum atomic E-state index is 0.572. The van der Waals surface area contributed by atoms with Crippen LogP contribution in [0.5, 0.6) is 0 Å². The lowest BCUT2D eigenvalue weighted by Gasteiger charge is -2.10. The first-order valence-corrected chi connectivity index (χ1v) is 10.6. The molecule has 0 aliphatic rings. The van der Waals surface area contributed by atoms with Crippen LogP contribution in [0.1, 0.15) is 43.0 Å². The Labute approximate surface area is 184 Å². The first-order chi connectivity index (χ1) is 14.9. The zero-order chi connectivity index (χ0) is 22.1. The van der Waals surface area contributed by atoms with Crippen LogP contribution in [0.3, 0.4) is 0 Å². The van der Waals surface area contributed by atoms with Gasteiger partial charge in [0.05, 0.1) is 5.71 Å². The lowest BCUT2D eigenvalue weighted by atomic mass is 9.94. The lowest BCUT2D eigenvalue weighted by molar-refractivity contribution is 0.231. The Morgan fingerprint density at radius 2 is 1.52 bits per heavy atom. The second kappa shape index (κ2) is 8.27. The number of fused-ring (bicyclic) bond motifs is 3. The number of oxime groups is 1. The molecule has 1 aromatic heterocycles. The SMILES string of the molecule is C=C(C)O/N=C(\C)c1ccc2c(c1)c1cc(C(=C)c3ccccc3C)ccc1n2CC. The number of aromatic nitrogens is 1. The average molecular weight is 409 g/mol. The molecule has 0 fully saturated rings. The van der Waals surface area contributed by atoms with Gasteiger partial charge in [0.2, 0.25) is 0 Å². The third kappa shape index (κ3) is 3.79. The van der Waals surface area contributed by atoms with Crippen molar-refractivity contribution >= 4 is 33.1 Å². The summed E-state index contributed by atoms with van der Waals surface area (Å²) in [6.45, 7) is 17.1. The number of nitrogens with zero attached hydrogens (tertiary/aromatic N) is 2. The molecule has 0 atom stereocenters. The van der Waals surface area contributed by atoms with Crippen molar-refractivity contribution in [1.82, 2.24) is 4.57 Å². The van der Waals surface area contributed by atoms with E-state index in [9.17, 15) is 0 Å². The molecule has 0 spiro atoms. The van der Waals surface area contributed by atoms with Gasteiger partial charge in [-0.05, 0) is 79.8 Å². The summed E-state index contributed by atoms with van der Waals surface area (Å²) in [7, 11) is 0. The molecule has 3 nitrogen and oxygen atoms in total. The Hall–Kier alpha value is -3.59. The van der Waals surface area contributed by atoms with Crippen molar-refractivity contribution in [2.45, 2.75) is 34.2 Å². The number of hydrogen-bond donors (Lipinski definition) is 0. The van der Waals surface area contributed by atoms with Crippen molar-refractivity contribution in [2.75, 3.05) is 0 Å². The number of hydrogen-bond acceptors (Lipinski definition) is 2. The molecule has 0 saturated heterocycles. The topological polar surface area (TPSA) is 26.5 Å². The van der Waals surface area contributed by atoms with Gasteiger partial charge in [0, 0.05) is 28.4 Å². The Balaban J connectivity index is 1.89. The van der Waals surface area contributed by atoms with Crippen molar-refractivity contribution in [3.8, 4) is 0 Å². The maximum Gasteiger partial charge on any atom is 0.124 e. The van der Waals surface area contributed by atoms with Crippen LogP contribution in [-0.2, 0) is 11.4 Å². The molecule has 3 aromatic carbocycles. The number of aryl methyl sites for hydroxylation is 2. The number of allylic oxidation sites excluding steroid dienone is 1. The number of rotatable bonds is 6. The van der Waals surface area contributed by atoms with E-state index in [1.165, 1.54) is 32.9 Å². The molecule has 0 aliphatic heterocycles. The van der Waals surface area contributed by atoms with Crippen LogP contribution >= 0.6 is 0 Å². The summed E-state index contributed by atoms with van der Waals surface area (Å²) in [5.74, 6) is 0.572. The maximum absolute atomic E-state index is 5.27. The van der Waals surface area contributed by atoms with Crippen molar-refractivity contribution in [3.05, 3.63) is 102 Å². The standard InChI is InChI=1S/C28H28N2O/c1-7-30-27-14-12-22(20(5)24-11-9-8-10-19(24)4)16-25(27)26-17-23(13-15-28(26)30)21(6)29-31-18(2)3/h8-17H,2,5,7H2,1,3-4,6H3/b29-21+. The zero-order valence-corrected chi connectivity index (χ0v) is 18.7. The van der Waals surface area contributed by atoms with E-state index in [0.29, 0.717) is 5.76 Å². The summed E-state index contributed by atoms with van der Waals surface area (Å²) < 4.78 is 2.35. The van der Waals surface area contributed by atoms with Gasteiger partial charge < -0.3 is 9.40 Å². The predicted octanol–water partition coefficient (Wildman–Crippen LogP) is 7.46. The Kier molecular flexibility index (Phi) is 5.51. The molecule has 4 aromatic rings. The van der Waals surface area contributed by atoms with Crippen molar-refractivity contribution in [1.29, 1.82) is 0 Å². The van der Waals surface area contributed by atoms with Gasteiger partial charge in [-0.15, -0.1) is 0 Å². The average Bonchev–Trinajstić information content (AvgIpc) is 3.09. The molecule has 0 aliphatic carbocycles. The first-order valence-electron chi connectivity index (χ1n) is 10.6. The van der Waals surface area contributed by atoms with Gasteiger partial charge in [-0.25, -0.2) is 0 Å². The van der Waals surface area contributed by atoms with Crippen molar-refractivity contribution in [3.63, 3.8) is 0 Å². The van der Waals surface area contributed by atoms with Crippen LogP contribution in [0.25, 0.3) is 27.4 Å². The minimum absolute atomic E-state index is 0.572. The summed E-state index contributed by atoms with van der Waals surface area (Å²) in [4.78, 5) is 5.27. The molecule has 4 rings (SSSR count). The van der Waals surface area contributed by atoms with E-state index < -0.39 is 0 Å². The van der Waals surface area contributed by atoms with Crippen LogP contribution < -0.4 is 0 Å². The highest BCUT2D eigenvalue weighted by molar-refractivity contribution is 6.12. The highest BCUT2D eigenvalue weighted by atomic mass is 16.6. The smallest absolute Gasteiger partial charge is 0.124 e. The fourth-order valence-corrected chi connectivity index (χ4v) is 4.12. The highest BCUT2D eigenvalue weighted by Crippen LogP contribution is 2.34. The molecular formula is C28H28N2O. The summed E-state index contributed by atoms with van der Waals surface area (Å²) in [5.41, 5.74) is 8.89. The van der Waals surface area contributed by atoms with Gasteiger partial charge >= 0.3 is 0 Å². The third-order valence-electron chi connectivity index (χ3n) is 5.76. The molecule has 0 unspecified atom stereocenters. The van der Waals surface area contributed by atoms with Gasteiger partial charge in [-0.2, -0.15) is 0 Å². The molecule has 3 heteroatoms. The lowest BCUT2D eigenvalue weighted by Crippen LogP contribution is -1.97. The van der Waals surface area contributed by atoms with E-state index in [1.807, 2.05) is 6.92 Å². The number of benzene rings is 3. The Morgan fingerprint density at radius 1 is 0.903 bits per heavy atom. The molecule has 0 saturated carbocycles. The molecule has 0 bridgehead atoms. The quantitative estimate of drug-likeness (QED) is 0.185. The normalized spacial score (nSPS) is 11.8. The minimum Gasteiger partial charge on any atom is -0.362 e. The van der Waals surface area contributed by atoms with Crippen LogP contribution in [0.4, 0.5) is 0 Å². The zero-order valence-electron chi connectivity index (χ0n) is 18.7. The van der Waals surface area contributed by atoms with E-state index in [-0.39, 0.29) is 0 Å². The van der Waals surface area contributed by atoms with E-state index in [4.69, 9.17) is 4.84 Å². The molecule has 1 heterocycles. The molecule has 0 N–H and O–H groups in total. The highest BCUT2D eigenvalue weighted by Gasteiger charge is 2.14. The third-order valence-corrected chi connectivity index (χ3v) is 5.76. The summed E-state index contributed by atoms with van der Waals surface area (Å²) in [5, 5.41) is 6.63. The second-order valence-electron chi connectivity index (χ2n) is 7.97. The van der Waals surface area contributed by atoms with Gasteiger partial charge in [0.25, 0.3) is 0 Å².